The Labute approximate surface area is 367 Å². The number of unbranched alkanes of at least 4 members (excludes halogenated alkanes) is 2. The fourth-order valence-corrected chi connectivity index (χ4v) is 9.52. The molecule has 5 aromatic rings. The van der Waals surface area contributed by atoms with Gasteiger partial charge in [0.2, 0.25) is 0 Å². The van der Waals surface area contributed by atoms with Crippen LogP contribution in [-0.2, 0) is 36.4 Å². The zero-order valence-electron chi connectivity index (χ0n) is 39.1. The second kappa shape index (κ2) is 18.6. The van der Waals surface area contributed by atoms with E-state index in [9.17, 15) is 23.5 Å². The summed E-state index contributed by atoms with van der Waals surface area (Å²) in [5, 5.41) is 32.7. The quantitative estimate of drug-likeness (QED) is 0.0925. The zero-order chi connectivity index (χ0) is 46.0. The predicted molar refractivity (Wildman–Crippen MR) is 247 cm³/mol. The van der Waals surface area contributed by atoms with Crippen LogP contribution in [0.3, 0.4) is 0 Å². The van der Waals surface area contributed by atoms with E-state index in [0.29, 0.717) is 17.7 Å². The normalized spacial score (nSPS) is 13.9. The first-order valence-corrected chi connectivity index (χ1v) is 22.1. The van der Waals surface area contributed by atoms with Crippen molar-refractivity contribution in [1.82, 2.24) is 20.3 Å². The van der Waals surface area contributed by atoms with Crippen LogP contribution < -0.4 is 16.2 Å². The molecule has 0 fully saturated rings. The zero-order valence-corrected chi connectivity index (χ0v) is 39.1. The Bertz CT molecular complexity index is 2320. The first kappa shape index (κ1) is 48.4. The van der Waals surface area contributed by atoms with E-state index in [2.05, 4.69) is 105 Å². The maximum absolute atomic E-state index is 12.9. The largest absolute Gasteiger partial charge is 0.506 e. The van der Waals surface area contributed by atoms with Gasteiger partial charge in [0.05, 0.1) is 22.6 Å². The number of hydrogen-bond donors (Lipinski definition) is 4. The number of nitrogens with one attached hydrogen (secondary N) is 1. The highest BCUT2D eigenvalue weighted by Crippen LogP contribution is 2.47. The van der Waals surface area contributed by atoms with Crippen molar-refractivity contribution in [3.8, 4) is 11.4 Å². The van der Waals surface area contributed by atoms with Crippen LogP contribution in [0.1, 0.15) is 155 Å². The number of rotatable bonds is 13. The molecule has 1 aromatic heterocycles. The summed E-state index contributed by atoms with van der Waals surface area (Å²) in [7, 11) is 0. The van der Waals surface area contributed by atoms with Gasteiger partial charge in [0.15, 0.2) is 0 Å². The third kappa shape index (κ3) is 11.3. The summed E-state index contributed by atoms with van der Waals surface area (Å²) >= 11 is 0. The molecule has 5 N–H and O–H groups in total. The van der Waals surface area contributed by atoms with Crippen LogP contribution in [-0.4, -0.2) is 30.6 Å². The molecule has 0 bridgehead atoms. The van der Waals surface area contributed by atoms with Gasteiger partial charge in [-0.05, 0) is 137 Å². The van der Waals surface area contributed by atoms with E-state index in [1.54, 1.807) is 12.1 Å². The standard InChI is InChI=1S/C29H46N4O.C21H24F3N3O/c1-8-10-14-21-22(15-11-9-2)24(29(6,7)20-28(3,4)5)18-27(23(21)19-30)32-26-17-13-12-16-25(26)31-33(32)34;1-19(2,3)12-20(4,5)13-7-9-18(28)17(11-13)27-25-15-8-6-14(21(22,23)24)10-16(15)26-27/h12-13,16-18,31,34H,8-11,14-15,19-20,30H2,1-7H3;6-11,28H,12H2,1-5H3. The van der Waals surface area contributed by atoms with E-state index in [1.165, 1.54) is 40.4 Å². The van der Waals surface area contributed by atoms with E-state index in [1.807, 2.05) is 35.3 Å². The van der Waals surface area contributed by atoms with Gasteiger partial charge in [0.25, 0.3) is 0 Å². The summed E-state index contributed by atoms with van der Waals surface area (Å²) in [6.07, 6.45) is 4.23. The first-order valence-electron chi connectivity index (χ1n) is 22.1. The fraction of sp³-hybridized carbons (Fsp3) is 0.520. The molecule has 0 saturated heterocycles. The molecule has 4 aromatic carbocycles. The molecular formula is C50H70F3N7O2. The lowest BCUT2D eigenvalue weighted by Crippen LogP contribution is -2.37. The molecule has 0 spiro atoms. The number of alkyl halides is 3. The Balaban J connectivity index is 0.000000238. The Hall–Kier alpha value is -4.65. The summed E-state index contributed by atoms with van der Waals surface area (Å²) in [5.41, 5.74) is 18.9. The first-order chi connectivity index (χ1) is 28.8. The molecule has 0 radical (unpaired) electrons. The van der Waals surface area contributed by atoms with Crippen molar-refractivity contribution >= 4 is 28.1 Å². The van der Waals surface area contributed by atoms with Crippen molar-refractivity contribution in [2.75, 3.05) is 10.4 Å². The lowest BCUT2D eigenvalue weighted by molar-refractivity contribution is -0.137. The number of anilines is 3. The van der Waals surface area contributed by atoms with Crippen molar-refractivity contribution in [3.63, 3.8) is 0 Å². The van der Waals surface area contributed by atoms with E-state index < -0.39 is 11.7 Å². The highest BCUT2D eigenvalue weighted by Gasteiger charge is 2.36. The smallest absolute Gasteiger partial charge is 0.416 e. The van der Waals surface area contributed by atoms with Crippen molar-refractivity contribution in [2.45, 2.75) is 158 Å². The molecule has 0 atom stereocenters. The van der Waals surface area contributed by atoms with Crippen LogP contribution in [0.5, 0.6) is 5.75 Å². The number of halogens is 3. The molecule has 1 aliphatic heterocycles. The van der Waals surface area contributed by atoms with E-state index in [-0.39, 0.29) is 32.9 Å². The minimum Gasteiger partial charge on any atom is -0.506 e. The van der Waals surface area contributed by atoms with Gasteiger partial charge < -0.3 is 10.8 Å². The van der Waals surface area contributed by atoms with Crippen LogP contribution >= 0.6 is 0 Å². The van der Waals surface area contributed by atoms with Gasteiger partial charge in [0.1, 0.15) is 22.5 Å². The van der Waals surface area contributed by atoms with Crippen LogP contribution in [0, 0.1) is 10.8 Å². The molecule has 1 aliphatic rings. The van der Waals surface area contributed by atoms with Crippen molar-refractivity contribution < 1.29 is 23.5 Å². The number of aromatic hydroxyl groups is 1. The number of hydrazine groups is 2. The Morgan fingerprint density at radius 1 is 0.645 bits per heavy atom. The Morgan fingerprint density at radius 2 is 1.23 bits per heavy atom. The summed E-state index contributed by atoms with van der Waals surface area (Å²) in [6, 6.07) is 18.8. The maximum Gasteiger partial charge on any atom is 0.416 e. The second-order valence-corrected chi connectivity index (χ2v) is 20.7. The molecule has 6 rings (SSSR count). The highest BCUT2D eigenvalue weighted by atomic mass is 19.4. The Morgan fingerprint density at radius 3 is 1.82 bits per heavy atom. The molecule has 0 aliphatic carbocycles. The number of phenolic OH excluding ortho intramolecular Hbond substituents is 1. The lowest BCUT2D eigenvalue weighted by atomic mass is 9.69. The van der Waals surface area contributed by atoms with Gasteiger partial charge >= 0.3 is 6.18 Å². The van der Waals surface area contributed by atoms with Gasteiger partial charge in [0, 0.05) is 11.8 Å². The topological polar surface area (TPSA) is 116 Å². The van der Waals surface area contributed by atoms with Crippen molar-refractivity contribution in [2.24, 2.45) is 16.6 Å². The molecular weight excluding hydrogens is 788 g/mol. The number of aromatic nitrogens is 3. The summed E-state index contributed by atoms with van der Waals surface area (Å²) in [4.78, 5) is 1.19. The van der Waals surface area contributed by atoms with Gasteiger partial charge in [-0.1, -0.05) is 114 Å². The van der Waals surface area contributed by atoms with Gasteiger partial charge in [-0.2, -0.15) is 13.2 Å². The molecule has 12 heteroatoms. The summed E-state index contributed by atoms with van der Waals surface area (Å²) in [5.74, 6) is -0.0355. The maximum atomic E-state index is 12.9. The molecule has 9 nitrogen and oxygen atoms in total. The SMILES string of the molecule is CC(C)(C)CC(C)(C)c1ccc(O)c(-n2nc3ccc(C(F)(F)F)cc3n2)c1.CCCCc1c(C(C)(C)CC(C)(C)C)cc(N2c3ccccc3NN2O)c(CN)c1CCCC. The van der Waals surface area contributed by atoms with Gasteiger partial charge in [-0.25, -0.2) is 5.01 Å². The molecule has 0 amide bonds. The van der Waals surface area contributed by atoms with Crippen molar-refractivity contribution in [1.29, 1.82) is 0 Å². The molecule has 62 heavy (non-hydrogen) atoms. The number of para-hydroxylation sites is 2. The molecule has 2 heterocycles. The van der Waals surface area contributed by atoms with Crippen LogP contribution in [0.4, 0.5) is 30.2 Å². The minimum atomic E-state index is -4.45. The number of benzene rings is 4. The number of nitrogens with zero attached hydrogens (tertiary/aromatic N) is 5. The average Bonchev–Trinajstić information content (AvgIpc) is 3.73. The average molecular weight is 858 g/mol. The number of phenols is 1. The minimum absolute atomic E-state index is 0.0167. The van der Waals surface area contributed by atoms with Gasteiger partial charge in [-0.3, -0.25) is 10.6 Å². The number of fused-ring (bicyclic) bond motifs is 2. The summed E-state index contributed by atoms with van der Waals surface area (Å²) in [6.45, 7) is 27.4. The molecule has 0 unspecified atom stereocenters. The highest BCUT2D eigenvalue weighted by molar-refractivity contribution is 5.81. The van der Waals surface area contributed by atoms with Crippen LogP contribution in [0.25, 0.3) is 16.7 Å². The van der Waals surface area contributed by atoms with Gasteiger partial charge in [-0.15, -0.1) is 15.0 Å². The fourth-order valence-electron chi connectivity index (χ4n) is 9.52. The van der Waals surface area contributed by atoms with E-state index in [0.717, 1.165) is 84.1 Å². The molecule has 0 saturated carbocycles. The monoisotopic (exact) mass is 858 g/mol. The van der Waals surface area contributed by atoms with Crippen LogP contribution in [0.15, 0.2) is 66.7 Å². The van der Waals surface area contributed by atoms with E-state index in [4.69, 9.17) is 5.73 Å². The van der Waals surface area contributed by atoms with E-state index >= 15 is 0 Å². The second-order valence-electron chi connectivity index (χ2n) is 20.7. The Kier molecular flexibility index (Phi) is 14.5. The molecule has 338 valence electrons. The van der Waals surface area contributed by atoms with Crippen LogP contribution in [0.2, 0.25) is 0 Å². The lowest BCUT2D eigenvalue weighted by Gasteiger charge is -2.37. The third-order valence-electron chi connectivity index (χ3n) is 11.5. The number of hydrogen-bond acceptors (Lipinski definition) is 8. The van der Waals surface area contributed by atoms with Crippen molar-refractivity contribution in [3.05, 3.63) is 100 Å². The third-order valence-corrected chi connectivity index (χ3v) is 11.5. The number of nitrogens with two attached hydrogens (primary N) is 1. The summed E-state index contributed by atoms with van der Waals surface area (Å²) < 4.78 is 38.8. The predicted octanol–water partition coefficient (Wildman–Crippen LogP) is 13.5.